The fraction of sp³-hybridized carbons (Fsp3) is 0.562. The van der Waals surface area contributed by atoms with Gasteiger partial charge in [0.25, 0.3) is 11.5 Å². The molecule has 2 heterocycles. The van der Waals surface area contributed by atoms with Gasteiger partial charge >= 0.3 is 6.18 Å². The molecule has 0 aliphatic heterocycles. The Bertz CT molecular complexity index is 1640. The van der Waals surface area contributed by atoms with Crippen LogP contribution in [0.2, 0.25) is 0 Å². The summed E-state index contributed by atoms with van der Waals surface area (Å²) in [6, 6.07) is 5.57. The third-order valence-corrected chi connectivity index (χ3v) is 9.00. The highest BCUT2D eigenvalue weighted by molar-refractivity contribution is 6.04. The number of alkyl halides is 4. The Morgan fingerprint density at radius 2 is 1.78 bits per heavy atom. The van der Waals surface area contributed by atoms with E-state index in [2.05, 4.69) is 34.7 Å². The van der Waals surface area contributed by atoms with E-state index in [1.54, 1.807) is 26.2 Å². The Balaban J connectivity index is 1.45. The molecule has 0 saturated heterocycles. The lowest BCUT2D eigenvalue weighted by Gasteiger charge is -2.66. The van der Waals surface area contributed by atoms with Crippen molar-refractivity contribution in [2.45, 2.75) is 78.1 Å². The summed E-state index contributed by atoms with van der Waals surface area (Å²) in [4.78, 5) is 26.5. The molecule has 2 aliphatic carbocycles. The summed E-state index contributed by atoms with van der Waals surface area (Å²) in [6.45, 7) is 5.75. The smallest absolute Gasteiger partial charge is 0.320 e. The molecule has 0 bridgehead atoms. The van der Waals surface area contributed by atoms with Crippen molar-refractivity contribution in [1.29, 1.82) is 0 Å². The number of carbonyl (C=O) groups is 1. The molecule has 2 saturated carbocycles. The highest BCUT2D eigenvalue weighted by Crippen LogP contribution is 2.71. The number of aryl methyl sites for hydroxylation is 1. The SMILES string of the molecule is Cn1cnnc1C1(c2ccc(F)c(NC(=O)c3cc(CNCC(C)(C)CF)cn(CC(F)(F)F)c3=O)c2)CC2(CC(C)(C)C2)C1. The first-order chi connectivity index (χ1) is 20.9. The van der Waals surface area contributed by atoms with Crippen molar-refractivity contribution in [3.8, 4) is 0 Å². The fourth-order valence-corrected chi connectivity index (χ4v) is 7.63. The minimum atomic E-state index is -4.73. The predicted molar refractivity (Wildman–Crippen MR) is 159 cm³/mol. The Morgan fingerprint density at radius 1 is 1.09 bits per heavy atom. The second-order valence-corrected chi connectivity index (χ2v) is 14.6. The van der Waals surface area contributed by atoms with Crippen molar-refractivity contribution >= 4 is 11.6 Å². The van der Waals surface area contributed by atoms with Crippen LogP contribution in [0.3, 0.4) is 0 Å². The maximum absolute atomic E-state index is 15.2. The third-order valence-electron chi connectivity index (χ3n) is 9.00. The van der Waals surface area contributed by atoms with Gasteiger partial charge in [0.05, 0.1) is 17.8 Å². The lowest BCUT2D eigenvalue weighted by molar-refractivity contribution is -0.141. The number of carbonyl (C=O) groups excluding carboxylic acids is 1. The molecule has 2 aliphatic rings. The van der Waals surface area contributed by atoms with E-state index in [-0.39, 0.29) is 35.2 Å². The average Bonchev–Trinajstić information content (AvgIpc) is 3.33. The van der Waals surface area contributed by atoms with Gasteiger partial charge in [-0.05, 0) is 65.8 Å². The lowest BCUT2D eigenvalue weighted by Crippen LogP contribution is -2.59. The Morgan fingerprint density at radius 3 is 2.36 bits per heavy atom. The molecule has 1 aromatic carbocycles. The van der Waals surface area contributed by atoms with Crippen LogP contribution in [0, 0.1) is 22.1 Å². The molecule has 0 unspecified atom stereocenters. The predicted octanol–water partition coefficient (Wildman–Crippen LogP) is 5.90. The van der Waals surface area contributed by atoms with E-state index in [1.165, 1.54) is 18.2 Å². The first-order valence-electron chi connectivity index (χ1n) is 14.9. The molecule has 1 amide bonds. The molecule has 13 heteroatoms. The first kappa shape index (κ1) is 32.8. The first-order valence-corrected chi connectivity index (χ1v) is 14.9. The number of aromatic nitrogens is 4. The molecule has 1 spiro atoms. The van der Waals surface area contributed by atoms with Crippen LogP contribution < -0.4 is 16.2 Å². The molecule has 3 aromatic rings. The molecule has 2 N–H and O–H groups in total. The summed E-state index contributed by atoms with van der Waals surface area (Å²) >= 11 is 0. The summed E-state index contributed by atoms with van der Waals surface area (Å²) in [7, 11) is 1.84. The van der Waals surface area contributed by atoms with Crippen molar-refractivity contribution in [3.05, 3.63) is 75.5 Å². The summed E-state index contributed by atoms with van der Waals surface area (Å²) < 4.78 is 70.6. The number of amides is 1. The van der Waals surface area contributed by atoms with Crippen molar-refractivity contribution in [3.63, 3.8) is 0 Å². The van der Waals surface area contributed by atoms with Gasteiger partial charge in [-0.2, -0.15) is 13.2 Å². The third kappa shape index (κ3) is 6.68. The van der Waals surface area contributed by atoms with E-state index in [0.717, 1.165) is 31.9 Å². The zero-order valence-corrected chi connectivity index (χ0v) is 26.1. The van der Waals surface area contributed by atoms with Gasteiger partial charge in [0.15, 0.2) is 0 Å². The molecular weight excluding hydrogens is 595 g/mol. The summed E-state index contributed by atoms with van der Waals surface area (Å²) in [5, 5.41) is 13.8. The van der Waals surface area contributed by atoms with Gasteiger partial charge < -0.3 is 19.8 Å². The average molecular weight is 635 g/mol. The van der Waals surface area contributed by atoms with Gasteiger partial charge in [-0.25, -0.2) is 4.39 Å². The number of hydrogen-bond donors (Lipinski definition) is 2. The lowest BCUT2D eigenvalue weighted by atomic mass is 9.38. The van der Waals surface area contributed by atoms with Gasteiger partial charge in [0.2, 0.25) is 0 Å². The largest absolute Gasteiger partial charge is 0.406 e. The maximum Gasteiger partial charge on any atom is 0.406 e. The van der Waals surface area contributed by atoms with E-state index in [0.29, 0.717) is 16.0 Å². The molecular formula is C32H39F5N6O2. The number of halogens is 5. The highest BCUT2D eigenvalue weighted by Gasteiger charge is 2.64. The number of hydrogen-bond acceptors (Lipinski definition) is 5. The summed E-state index contributed by atoms with van der Waals surface area (Å²) in [5.74, 6) is -1.09. The Hall–Kier alpha value is -3.61. The number of pyridine rings is 1. The van der Waals surface area contributed by atoms with E-state index in [9.17, 15) is 27.2 Å². The second-order valence-electron chi connectivity index (χ2n) is 14.6. The van der Waals surface area contributed by atoms with Crippen molar-refractivity contribution in [2.24, 2.45) is 23.3 Å². The second kappa shape index (κ2) is 11.3. The number of benzene rings is 1. The van der Waals surface area contributed by atoms with E-state index in [4.69, 9.17) is 0 Å². The van der Waals surface area contributed by atoms with Crippen LogP contribution >= 0.6 is 0 Å². The van der Waals surface area contributed by atoms with Crippen molar-refractivity contribution in [1.82, 2.24) is 24.6 Å². The molecule has 2 fully saturated rings. The normalized spacial score (nSPS) is 18.4. The molecule has 0 radical (unpaired) electrons. The van der Waals surface area contributed by atoms with E-state index in [1.807, 2.05) is 11.6 Å². The molecule has 45 heavy (non-hydrogen) atoms. The summed E-state index contributed by atoms with van der Waals surface area (Å²) in [5.41, 5.74) is -1.96. The summed E-state index contributed by atoms with van der Waals surface area (Å²) in [6.07, 6.45) is 1.52. The zero-order chi connectivity index (χ0) is 33.0. The van der Waals surface area contributed by atoms with Crippen LogP contribution in [-0.2, 0) is 25.6 Å². The monoisotopic (exact) mass is 634 g/mol. The number of nitrogens with one attached hydrogen (secondary N) is 2. The van der Waals surface area contributed by atoms with Gasteiger partial charge in [0, 0.05) is 31.7 Å². The minimum Gasteiger partial charge on any atom is -0.320 e. The maximum atomic E-state index is 15.2. The van der Waals surface area contributed by atoms with Crippen LogP contribution in [0.15, 0.2) is 41.6 Å². The quantitative estimate of drug-likeness (QED) is 0.271. The Labute approximate surface area is 258 Å². The molecule has 0 atom stereocenters. The molecule has 5 rings (SSSR count). The van der Waals surface area contributed by atoms with Crippen molar-refractivity contribution < 1.29 is 26.7 Å². The van der Waals surface area contributed by atoms with Gasteiger partial charge in [-0.3, -0.25) is 14.0 Å². The molecule has 244 valence electrons. The Kier molecular flexibility index (Phi) is 8.25. The zero-order valence-electron chi connectivity index (χ0n) is 26.1. The van der Waals surface area contributed by atoms with Crippen molar-refractivity contribution in [2.75, 3.05) is 18.5 Å². The van der Waals surface area contributed by atoms with Gasteiger partial charge in [-0.1, -0.05) is 33.8 Å². The van der Waals surface area contributed by atoms with Gasteiger partial charge in [0.1, 0.15) is 30.1 Å². The fourth-order valence-electron chi connectivity index (χ4n) is 7.63. The highest BCUT2D eigenvalue weighted by atomic mass is 19.4. The van der Waals surface area contributed by atoms with Gasteiger partial charge in [-0.15, -0.1) is 10.2 Å². The van der Waals surface area contributed by atoms with Crippen LogP contribution in [0.25, 0.3) is 0 Å². The topological polar surface area (TPSA) is 93.8 Å². The van der Waals surface area contributed by atoms with Crippen LogP contribution in [-0.4, -0.2) is 44.6 Å². The standard InChI is InChI=1S/C32H39F5N6O2/c1-28(2)12-30(13-28)14-31(15-30,27-41-39-19-42(27)5)21-6-7-23(34)24(9-21)40-25(44)22-8-20(10-38-17-29(3,4)16-33)11-43(26(22)45)18-32(35,36)37/h6-9,11,19,38H,10,12-18H2,1-5H3,(H,40,44). The van der Waals surface area contributed by atoms with E-state index >= 15 is 4.39 Å². The minimum absolute atomic E-state index is 0.0233. The number of rotatable bonds is 10. The number of nitrogens with zero attached hydrogens (tertiary/aromatic N) is 4. The van der Waals surface area contributed by atoms with Crippen LogP contribution in [0.4, 0.5) is 27.6 Å². The molecule has 8 nitrogen and oxygen atoms in total. The van der Waals surface area contributed by atoms with Crippen LogP contribution in [0.1, 0.15) is 80.7 Å². The van der Waals surface area contributed by atoms with Crippen LogP contribution in [0.5, 0.6) is 0 Å². The molecule has 2 aromatic heterocycles. The number of anilines is 1. The van der Waals surface area contributed by atoms with E-state index < -0.39 is 53.1 Å².